The van der Waals surface area contributed by atoms with Gasteiger partial charge in [0, 0.05) is 0 Å². The van der Waals surface area contributed by atoms with Crippen molar-refractivity contribution in [3.63, 3.8) is 0 Å². The van der Waals surface area contributed by atoms with E-state index in [9.17, 15) is 0 Å². The number of aryl methyl sites for hydroxylation is 1. The van der Waals surface area contributed by atoms with Crippen LogP contribution in [0.3, 0.4) is 0 Å². The predicted molar refractivity (Wildman–Crippen MR) is 87.5 cm³/mol. The zero-order chi connectivity index (χ0) is 13.9. The third kappa shape index (κ3) is 2.75. The average molecular weight is 260 g/mol. The fourth-order valence-corrected chi connectivity index (χ4v) is 2.64. The van der Waals surface area contributed by atoms with Crippen molar-refractivity contribution in [2.24, 2.45) is 5.92 Å². The molecule has 0 nitrogen and oxygen atoms in total. The highest BCUT2D eigenvalue weighted by Crippen LogP contribution is 2.28. The first-order valence-corrected chi connectivity index (χ1v) is 7.28. The van der Waals surface area contributed by atoms with E-state index in [0.717, 1.165) is 6.42 Å². The number of rotatable bonds is 2. The monoisotopic (exact) mass is 260 g/mol. The second kappa shape index (κ2) is 5.50. The summed E-state index contributed by atoms with van der Waals surface area (Å²) in [5.74, 6) is 0.665. The lowest BCUT2D eigenvalue weighted by molar-refractivity contribution is 0.739. The van der Waals surface area contributed by atoms with Crippen LogP contribution in [-0.2, 0) is 0 Å². The van der Waals surface area contributed by atoms with Gasteiger partial charge in [0.2, 0.25) is 0 Å². The summed E-state index contributed by atoms with van der Waals surface area (Å²) in [6.45, 7) is 4.40. The van der Waals surface area contributed by atoms with E-state index in [-0.39, 0.29) is 0 Å². The van der Waals surface area contributed by atoms with Crippen molar-refractivity contribution >= 4 is 5.57 Å². The van der Waals surface area contributed by atoms with Gasteiger partial charge in [-0.3, -0.25) is 0 Å². The second-order valence-electron chi connectivity index (χ2n) is 5.68. The maximum absolute atomic E-state index is 2.35. The van der Waals surface area contributed by atoms with Crippen molar-refractivity contribution in [2.45, 2.75) is 20.3 Å². The fraction of sp³-hybridized carbons (Fsp3) is 0.200. The van der Waals surface area contributed by atoms with Crippen LogP contribution < -0.4 is 0 Å². The quantitative estimate of drug-likeness (QED) is 0.655. The molecule has 2 aromatic rings. The van der Waals surface area contributed by atoms with E-state index in [2.05, 4.69) is 80.6 Å². The molecule has 3 rings (SSSR count). The Labute approximate surface area is 121 Å². The molecule has 0 aliphatic heterocycles. The Morgan fingerprint density at radius 3 is 2.30 bits per heavy atom. The molecule has 0 aromatic heterocycles. The maximum Gasteiger partial charge on any atom is -0.0178 e. The molecule has 0 N–H and O–H groups in total. The number of allylic oxidation sites excluding steroid dienone is 4. The molecule has 2 aromatic carbocycles. The van der Waals surface area contributed by atoms with Gasteiger partial charge >= 0.3 is 0 Å². The Morgan fingerprint density at radius 1 is 0.900 bits per heavy atom. The van der Waals surface area contributed by atoms with Crippen LogP contribution in [0.2, 0.25) is 0 Å². The molecule has 0 bridgehead atoms. The first-order chi connectivity index (χ1) is 9.72. The summed E-state index contributed by atoms with van der Waals surface area (Å²) >= 11 is 0. The molecule has 1 atom stereocenters. The van der Waals surface area contributed by atoms with Crippen LogP contribution in [0, 0.1) is 12.8 Å². The molecule has 0 fully saturated rings. The minimum absolute atomic E-state index is 0.665. The maximum atomic E-state index is 2.35. The lowest BCUT2D eigenvalue weighted by atomic mass is 9.92. The first-order valence-electron chi connectivity index (χ1n) is 7.28. The predicted octanol–water partition coefficient (Wildman–Crippen LogP) is 5.64. The SMILES string of the molecule is Cc1cccc(-c2cccc(C3=CCC(C)C=C3)c2)c1. The summed E-state index contributed by atoms with van der Waals surface area (Å²) < 4.78 is 0. The number of benzene rings is 2. The summed E-state index contributed by atoms with van der Waals surface area (Å²) in [5.41, 5.74) is 6.54. The van der Waals surface area contributed by atoms with E-state index in [4.69, 9.17) is 0 Å². The van der Waals surface area contributed by atoms with Gasteiger partial charge in [0.25, 0.3) is 0 Å². The Morgan fingerprint density at radius 2 is 1.60 bits per heavy atom. The van der Waals surface area contributed by atoms with Gasteiger partial charge in [-0.15, -0.1) is 0 Å². The van der Waals surface area contributed by atoms with E-state index in [0.29, 0.717) is 5.92 Å². The molecule has 0 radical (unpaired) electrons. The highest BCUT2D eigenvalue weighted by Gasteiger charge is 2.06. The lowest BCUT2D eigenvalue weighted by Gasteiger charge is -2.13. The van der Waals surface area contributed by atoms with Crippen LogP contribution in [0.5, 0.6) is 0 Å². The van der Waals surface area contributed by atoms with Gasteiger partial charge in [0.15, 0.2) is 0 Å². The zero-order valence-electron chi connectivity index (χ0n) is 12.1. The molecule has 0 heteroatoms. The highest BCUT2D eigenvalue weighted by molar-refractivity contribution is 5.78. The van der Waals surface area contributed by atoms with Gasteiger partial charge in [-0.2, -0.15) is 0 Å². The van der Waals surface area contributed by atoms with E-state index >= 15 is 0 Å². The summed E-state index contributed by atoms with van der Waals surface area (Å²) in [5, 5.41) is 0. The van der Waals surface area contributed by atoms with Gasteiger partial charge in [-0.05, 0) is 47.6 Å². The molecule has 0 amide bonds. The van der Waals surface area contributed by atoms with Gasteiger partial charge in [-0.1, -0.05) is 73.2 Å². The van der Waals surface area contributed by atoms with E-state index < -0.39 is 0 Å². The Balaban J connectivity index is 1.96. The molecule has 0 spiro atoms. The van der Waals surface area contributed by atoms with Crippen molar-refractivity contribution in [3.8, 4) is 11.1 Å². The molecule has 100 valence electrons. The van der Waals surface area contributed by atoms with Crippen molar-refractivity contribution in [1.29, 1.82) is 0 Å². The first kappa shape index (κ1) is 12.9. The fourth-order valence-electron chi connectivity index (χ4n) is 2.64. The number of hydrogen-bond acceptors (Lipinski definition) is 0. The van der Waals surface area contributed by atoms with Crippen LogP contribution in [0.1, 0.15) is 24.5 Å². The second-order valence-corrected chi connectivity index (χ2v) is 5.68. The smallest absolute Gasteiger partial charge is 0.0178 e. The minimum Gasteiger partial charge on any atom is -0.0808 e. The molecule has 1 aliphatic carbocycles. The van der Waals surface area contributed by atoms with Gasteiger partial charge in [-0.25, -0.2) is 0 Å². The highest BCUT2D eigenvalue weighted by atomic mass is 14.1. The van der Waals surface area contributed by atoms with Crippen LogP contribution in [0.4, 0.5) is 0 Å². The van der Waals surface area contributed by atoms with Crippen molar-refractivity contribution in [3.05, 3.63) is 77.9 Å². The van der Waals surface area contributed by atoms with Crippen LogP contribution in [0.15, 0.2) is 66.8 Å². The molecule has 0 saturated carbocycles. The Hall–Kier alpha value is -2.08. The molecule has 1 unspecified atom stereocenters. The molecule has 20 heavy (non-hydrogen) atoms. The molecule has 0 saturated heterocycles. The van der Waals surface area contributed by atoms with Gasteiger partial charge < -0.3 is 0 Å². The summed E-state index contributed by atoms with van der Waals surface area (Å²) in [6, 6.07) is 17.5. The molecule has 1 aliphatic rings. The Kier molecular flexibility index (Phi) is 3.56. The van der Waals surface area contributed by atoms with Crippen LogP contribution in [-0.4, -0.2) is 0 Å². The standard InChI is InChI=1S/C20H20/c1-15-9-11-17(12-10-15)19-7-4-8-20(14-19)18-6-3-5-16(2)13-18/h3-9,11-15H,10H2,1-2H3. The minimum atomic E-state index is 0.665. The zero-order valence-corrected chi connectivity index (χ0v) is 12.1. The van der Waals surface area contributed by atoms with Crippen LogP contribution in [0.25, 0.3) is 16.7 Å². The molecular formula is C20H20. The summed E-state index contributed by atoms with van der Waals surface area (Å²) in [4.78, 5) is 0. The lowest BCUT2D eigenvalue weighted by Crippen LogP contribution is -1.94. The van der Waals surface area contributed by atoms with Gasteiger partial charge in [0.1, 0.15) is 0 Å². The normalized spacial score (nSPS) is 17.9. The largest absolute Gasteiger partial charge is 0.0808 e. The van der Waals surface area contributed by atoms with Crippen molar-refractivity contribution in [1.82, 2.24) is 0 Å². The topological polar surface area (TPSA) is 0 Å². The van der Waals surface area contributed by atoms with Crippen molar-refractivity contribution in [2.75, 3.05) is 0 Å². The van der Waals surface area contributed by atoms with Crippen LogP contribution >= 0.6 is 0 Å². The van der Waals surface area contributed by atoms with Gasteiger partial charge in [0.05, 0.1) is 0 Å². The van der Waals surface area contributed by atoms with E-state index in [1.54, 1.807) is 0 Å². The van der Waals surface area contributed by atoms with E-state index in [1.165, 1.54) is 27.8 Å². The summed E-state index contributed by atoms with van der Waals surface area (Å²) in [7, 11) is 0. The molecule has 0 heterocycles. The molecular weight excluding hydrogens is 240 g/mol. The van der Waals surface area contributed by atoms with Crippen molar-refractivity contribution < 1.29 is 0 Å². The van der Waals surface area contributed by atoms with E-state index in [1.807, 2.05) is 0 Å². The third-order valence-corrected chi connectivity index (χ3v) is 3.86. The Bertz CT molecular complexity index is 674. The average Bonchev–Trinajstić information content (AvgIpc) is 2.48. The number of hydrogen-bond donors (Lipinski definition) is 0. The summed E-state index contributed by atoms with van der Waals surface area (Å²) in [6.07, 6.45) is 8.04. The third-order valence-electron chi connectivity index (χ3n) is 3.86.